The number of unbranched alkanes of at least 4 members (excludes halogenated alkanes) is 1. The van der Waals surface area contributed by atoms with Gasteiger partial charge in [-0.05, 0) is 27.2 Å². The molecule has 0 saturated carbocycles. The number of hydrogen-bond donors (Lipinski definition) is 1. The third-order valence-corrected chi connectivity index (χ3v) is 4.92. The van der Waals surface area contributed by atoms with Crippen molar-refractivity contribution in [1.29, 1.82) is 0 Å². The molecule has 0 fully saturated rings. The molecule has 0 aromatic rings. The second kappa shape index (κ2) is 7.14. The Bertz CT molecular complexity index is 292. The van der Waals surface area contributed by atoms with Gasteiger partial charge in [0.25, 0.3) is 0 Å². The highest BCUT2D eigenvalue weighted by atomic mass is 31.2. The highest BCUT2D eigenvalue weighted by Crippen LogP contribution is 2.58. The molecular formula is C11H23O5P. The first-order valence-corrected chi connectivity index (χ1v) is 7.58. The average Bonchev–Trinajstić information content (AvgIpc) is 2.25. The average molecular weight is 266 g/mol. The first kappa shape index (κ1) is 16.6. The number of carbonyl (C=O) groups excluding carboxylic acids is 1. The van der Waals surface area contributed by atoms with Crippen LogP contribution in [0.2, 0.25) is 0 Å². The molecule has 5 nitrogen and oxygen atoms in total. The lowest BCUT2D eigenvalue weighted by atomic mass is 10.0. The standard InChI is InChI=1S/C11H23O5P/c1-5-8-9-11(4,10(12)15-6-2)17(13,14)16-7-3/h5-9H2,1-4H3,(H,13,14). The maximum Gasteiger partial charge on any atom is 0.345 e. The molecule has 17 heavy (non-hydrogen) atoms. The molecule has 6 heteroatoms. The molecule has 0 aliphatic rings. The first-order chi connectivity index (χ1) is 7.85. The van der Waals surface area contributed by atoms with Crippen molar-refractivity contribution in [2.75, 3.05) is 13.2 Å². The zero-order chi connectivity index (χ0) is 13.5. The van der Waals surface area contributed by atoms with Crippen molar-refractivity contribution < 1.29 is 23.5 Å². The summed E-state index contributed by atoms with van der Waals surface area (Å²) in [5.41, 5.74) is 0. The van der Waals surface area contributed by atoms with E-state index in [4.69, 9.17) is 9.26 Å². The summed E-state index contributed by atoms with van der Waals surface area (Å²) in [5, 5.41) is -1.46. The Morgan fingerprint density at radius 1 is 1.29 bits per heavy atom. The zero-order valence-electron chi connectivity index (χ0n) is 11.1. The molecule has 0 rings (SSSR count). The van der Waals surface area contributed by atoms with Crippen molar-refractivity contribution in [3.63, 3.8) is 0 Å². The summed E-state index contributed by atoms with van der Waals surface area (Å²) in [6.07, 6.45) is 1.80. The Morgan fingerprint density at radius 3 is 2.29 bits per heavy atom. The summed E-state index contributed by atoms with van der Waals surface area (Å²) in [7, 11) is -4.00. The molecule has 1 N–H and O–H groups in total. The molecule has 0 heterocycles. The van der Waals surface area contributed by atoms with Gasteiger partial charge in [0.2, 0.25) is 0 Å². The third-order valence-electron chi connectivity index (χ3n) is 2.66. The van der Waals surface area contributed by atoms with Crippen molar-refractivity contribution in [3.05, 3.63) is 0 Å². The lowest BCUT2D eigenvalue weighted by Gasteiger charge is -2.30. The predicted molar refractivity (Wildman–Crippen MR) is 66.0 cm³/mol. The molecule has 0 radical (unpaired) electrons. The van der Waals surface area contributed by atoms with Gasteiger partial charge in [-0.25, -0.2) is 0 Å². The van der Waals surface area contributed by atoms with Gasteiger partial charge in [-0.3, -0.25) is 9.36 Å². The second-order valence-corrected chi connectivity index (χ2v) is 6.32. The van der Waals surface area contributed by atoms with Crippen LogP contribution in [0.5, 0.6) is 0 Å². The quantitative estimate of drug-likeness (QED) is 0.540. The van der Waals surface area contributed by atoms with Gasteiger partial charge >= 0.3 is 13.6 Å². The van der Waals surface area contributed by atoms with E-state index < -0.39 is 18.7 Å². The van der Waals surface area contributed by atoms with E-state index in [0.717, 1.165) is 6.42 Å². The van der Waals surface area contributed by atoms with Crippen LogP contribution < -0.4 is 0 Å². The lowest BCUT2D eigenvalue weighted by molar-refractivity contribution is -0.146. The molecule has 0 aromatic carbocycles. The minimum atomic E-state index is -4.00. The monoisotopic (exact) mass is 266 g/mol. The van der Waals surface area contributed by atoms with E-state index in [1.165, 1.54) is 6.92 Å². The van der Waals surface area contributed by atoms with Gasteiger partial charge in [0.05, 0.1) is 13.2 Å². The van der Waals surface area contributed by atoms with Gasteiger partial charge in [-0.2, -0.15) is 0 Å². The van der Waals surface area contributed by atoms with Gasteiger partial charge in [-0.15, -0.1) is 0 Å². The molecule has 2 atom stereocenters. The van der Waals surface area contributed by atoms with Crippen molar-refractivity contribution in [3.8, 4) is 0 Å². The van der Waals surface area contributed by atoms with E-state index in [-0.39, 0.29) is 19.6 Å². The van der Waals surface area contributed by atoms with Crippen LogP contribution in [0.3, 0.4) is 0 Å². The Morgan fingerprint density at radius 2 is 1.88 bits per heavy atom. The minimum Gasteiger partial charge on any atom is -0.465 e. The van der Waals surface area contributed by atoms with E-state index >= 15 is 0 Å². The van der Waals surface area contributed by atoms with Crippen LogP contribution in [-0.2, 0) is 18.6 Å². The molecule has 0 aromatic heterocycles. The molecule has 0 bridgehead atoms. The van der Waals surface area contributed by atoms with Crippen LogP contribution in [0.25, 0.3) is 0 Å². The van der Waals surface area contributed by atoms with E-state index in [1.54, 1.807) is 13.8 Å². The summed E-state index contributed by atoms with van der Waals surface area (Å²) in [4.78, 5) is 21.7. The fraction of sp³-hybridized carbons (Fsp3) is 0.909. The van der Waals surface area contributed by atoms with Crippen LogP contribution >= 0.6 is 7.60 Å². The molecule has 102 valence electrons. The van der Waals surface area contributed by atoms with Gasteiger partial charge in [-0.1, -0.05) is 19.8 Å². The van der Waals surface area contributed by atoms with Gasteiger partial charge in [0, 0.05) is 0 Å². The first-order valence-electron chi connectivity index (χ1n) is 6.00. The van der Waals surface area contributed by atoms with Crippen molar-refractivity contribution >= 4 is 13.6 Å². The molecule has 2 unspecified atom stereocenters. The highest BCUT2D eigenvalue weighted by Gasteiger charge is 2.51. The summed E-state index contributed by atoms with van der Waals surface area (Å²) in [5.74, 6) is -0.660. The van der Waals surface area contributed by atoms with Gasteiger partial charge < -0.3 is 14.2 Å². The molecule has 0 spiro atoms. The summed E-state index contributed by atoms with van der Waals surface area (Å²) < 4.78 is 21.8. The Labute approximate surface area is 103 Å². The largest absolute Gasteiger partial charge is 0.465 e. The van der Waals surface area contributed by atoms with Crippen molar-refractivity contribution in [2.24, 2.45) is 0 Å². The van der Waals surface area contributed by atoms with Crippen LogP contribution in [0, 0.1) is 0 Å². The lowest BCUT2D eigenvalue weighted by Crippen LogP contribution is -2.37. The number of ether oxygens (including phenoxy) is 1. The number of esters is 1. The Balaban J connectivity index is 5.07. The smallest absolute Gasteiger partial charge is 0.345 e. The summed E-state index contributed by atoms with van der Waals surface area (Å²) in [6, 6.07) is 0. The maximum atomic E-state index is 12.1. The number of carbonyl (C=O) groups is 1. The normalized spacial score (nSPS) is 18.2. The molecule has 0 aliphatic carbocycles. The third kappa shape index (κ3) is 4.09. The van der Waals surface area contributed by atoms with E-state index in [9.17, 15) is 14.3 Å². The minimum absolute atomic E-state index is 0.0922. The Kier molecular flexibility index (Phi) is 6.98. The number of rotatable bonds is 8. The van der Waals surface area contributed by atoms with E-state index in [0.29, 0.717) is 6.42 Å². The zero-order valence-corrected chi connectivity index (χ0v) is 12.0. The van der Waals surface area contributed by atoms with Gasteiger partial charge in [0.15, 0.2) is 5.16 Å². The predicted octanol–water partition coefficient (Wildman–Crippen LogP) is 2.72. The van der Waals surface area contributed by atoms with Crippen molar-refractivity contribution in [1.82, 2.24) is 0 Å². The SMILES string of the molecule is CCCCC(C)(C(=O)OCC)P(=O)(O)OCC. The summed E-state index contributed by atoms with van der Waals surface area (Å²) in [6.45, 7) is 6.96. The van der Waals surface area contributed by atoms with Gasteiger partial charge in [0.1, 0.15) is 0 Å². The number of hydrogen-bond acceptors (Lipinski definition) is 4. The van der Waals surface area contributed by atoms with Crippen LogP contribution in [-0.4, -0.2) is 29.2 Å². The fourth-order valence-electron chi connectivity index (χ4n) is 1.48. The van der Waals surface area contributed by atoms with Crippen LogP contribution in [0.4, 0.5) is 0 Å². The second-order valence-electron chi connectivity index (χ2n) is 4.04. The van der Waals surface area contributed by atoms with E-state index in [2.05, 4.69) is 0 Å². The molecule has 0 amide bonds. The molecular weight excluding hydrogens is 243 g/mol. The summed E-state index contributed by atoms with van der Waals surface area (Å²) >= 11 is 0. The highest BCUT2D eigenvalue weighted by molar-refractivity contribution is 7.55. The molecule has 0 aliphatic heterocycles. The molecule has 0 saturated heterocycles. The Hall–Kier alpha value is -0.380. The van der Waals surface area contributed by atoms with Crippen LogP contribution in [0.15, 0.2) is 0 Å². The maximum absolute atomic E-state index is 12.1. The van der Waals surface area contributed by atoms with E-state index in [1.807, 2.05) is 6.92 Å². The van der Waals surface area contributed by atoms with Crippen LogP contribution in [0.1, 0.15) is 47.0 Å². The topological polar surface area (TPSA) is 72.8 Å². The van der Waals surface area contributed by atoms with Crippen molar-refractivity contribution in [2.45, 2.75) is 52.1 Å². The fourth-order valence-corrected chi connectivity index (χ4v) is 2.85.